The van der Waals surface area contributed by atoms with E-state index in [1.54, 1.807) is 12.4 Å². The highest BCUT2D eigenvalue weighted by Crippen LogP contribution is 2.54. The molecule has 2 aliphatic carbocycles. The normalized spacial score (nSPS) is 24.0. The Balaban J connectivity index is 1.12. The van der Waals surface area contributed by atoms with Crippen LogP contribution in [0, 0.1) is 17.0 Å². The first-order chi connectivity index (χ1) is 19.8. The Morgan fingerprint density at radius 2 is 1.88 bits per heavy atom. The van der Waals surface area contributed by atoms with Crippen molar-refractivity contribution >= 4 is 23.3 Å². The average molecular weight is 556 g/mol. The highest BCUT2D eigenvalue weighted by Gasteiger charge is 2.51. The van der Waals surface area contributed by atoms with Gasteiger partial charge in [-0.05, 0) is 67.5 Å². The molecule has 2 N–H and O–H groups in total. The third kappa shape index (κ3) is 4.21. The maximum atomic E-state index is 14.2. The molecule has 1 unspecified atom stereocenters. The number of piperidine rings is 1. The molecule has 210 valence electrons. The van der Waals surface area contributed by atoms with Crippen molar-refractivity contribution in [3.05, 3.63) is 95.1 Å². The molecular weight excluding hydrogens is 524 g/mol. The van der Waals surface area contributed by atoms with Crippen LogP contribution in [0.2, 0.25) is 0 Å². The second-order valence-corrected chi connectivity index (χ2v) is 12.0. The summed E-state index contributed by atoms with van der Waals surface area (Å²) in [6.45, 7) is 4.43. The van der Waals surface area contributed by atoms with Gasteiger partial charge in [0, 0.05) is 41.1 Å². The van der Waals surface area contributed by atoms with Crippen LogP contribution in [0.25, 0.3) is 0 Å². The smallest absolute Gasteiger partial charge is 0.243 e. The van der Waals surface area contributed by atoms with Gasteiger partial charge in [-0.3, -0.25) is 14.6 Å². The Bertz CT molecular complexity index is 1580. The van der Waals surface area contributed by atoms with Crippen molar-refractivity contribution < 1.29 is 18.4 Å². The van der Waals surface area contributed by atoms with Crippen LogP contribution in [0.4, 0.5) is 20.3 Å². The van der Waals surface area contributed by atoms with Gasteiger partial charge < -0.3 is 15.5 Å². The van der Waals surface area contributed by atoms with Crippen LogP contribution >= 0.6 is 0 Å². The highest BCUT2D eigenvalue weighted by atomic mass is 19.1. The molecule has 1 aromatic carbocycles. The third-order valence-electron chi connectivity index (χ3n) is 9.67. The number of nitrogens with zero attached hydrogens (tertiary/aromatic N) is 3. The lowest BCUT2D eigenvalue weighted by Gasteiger charge is -2.48. The fourth-order valence-corrected chi connectivity index (χ4v) is 7.66. The fraction of sp³-hybridized carbons (Fsp3) is 0.375. The maximum absolute atomic E-state index is 14.2. The van der Waals surface area contributed by atoms with Crippen molar-refractivity contribution in [3.63, 3.8) is 0 Å². The molecular formula is C32H31F2N5O2. The zero-order valence-electron chi connectivity index (χ0n) is 22.7. The summed E-state index contributed by atoms with van der Waals surface area (Å²) in [6, 6.07) is 8.87. The Morgan fingerprint density at radius 3 is 2.66 bits per heavy atom. The zero-order chi connectivity index (χ0) is 28.4. The summed E-state index contributed by atoms with van der Waals surface area (Å²) in [4.78, 5) is 37.4. The van der Waals surface area contributed by atoms with Crippen LogP contribution in [0.3, 0.4) is 0 Å². The minimum Gasteiger partial charge on any atom is -0.358 e. The zero-order valence-corrected chi connectivity index (χ0v) is 22.7. The SMILES string of the molecule is C=C1N(CC(=O)Nc2cnc3c(c2)CC2(C3)C(=O)Nc3ncccc32)[C@H](c2cc(F)cc(F)c2)CCC12CCCC2. The number of allylic oxidation sites excluding steroid dienone is 1. The number of anilines is 2. The molecule has 7 nitrogen and oxygen atoms in total. The van der Waals surface area contributed by atoms with E-state index >= 15 is 0 Å². The molecule has 2 fully saturated rings. The molecule has 0 radical (unpaired) electrons. The summed E-state index contributed by atoms with van der Waals surface area (Å²) in [7, 11) is 0. The molecule has 1 saturated carbocycles. The van der Waals surface area contributed by atoms with Crippen LogP contribution in [0.15, 0.2) is 61.1 Å². The maximum Gasteiger partial charge on any atom is 0.243 e. The first-order valence-corrected chi connectivity index (χ1v) is 14.2. The summed E-state index contributed by atoms with van der Waals surface area (Å²) in [6.07, 6.45) is 10.0. The highest BCUT2D eigenvalue weighted by molar-refractivity contribution is 6.06. The summed E-state index contributed by atoms with van der Waals surface area (Å²) in [5.74, 6) is -1.02. The third-order valence-corrected chi connectivity index (χ3v) is 9.67. The number of hydrogen-bond acceptors (Lipinski definition) is 5. The first-order valence-electron chi connectivity index (χ1n) is 14.2. The predicted molar refractivity (Wildman–Crippen MR) is 150 cm³/mol. The topological polar surface area (TPSA) is 87.2 Å². The van der Waals surface area contributed by atoms with Gasteiger partial charge in [0.2, 0.25) is 11.8 Å². The molecule has 4 aliphatic rings. The monoisotopic (exact) mass is 555 g/mol. The molecule has 2 aromatic heterocycles. The number of amides is 2. The predicted octanol–water partition coefficient (Wildman–Crippen LogP) is 5.59. The number of halogens is 2. The number of fused-ring (bicyclic) bond motifs is 3. The molecule has 4 heterocycles. The van der Waals surface area contributed by atoms with E-state index in [9.17, 15) is 18.4 Å². The van der Waals surface area contributed by atoms with Crippen LogP contribution < -0.4 is 10.6 Å². The van der Waals surface area contributed by atoms with Gasteiger partial charge in [-0.1, -0.05) is 25.5 Å². The van der Waals surface area contributed by atoms with Crippen LogP contribution in [0.5, 0.6) is 0 Å². The van der Waals surface area contributed by atoms with Gasteiger partial charge in [0.15, 0.2) is 0 Å². The van der Waals surface area contributed by atoms with E-state index in [0.717, 1.165) is 60.7 Å². The lowest BCUT2D eigenvalue weighted by Crippen LogP contribution is -2.44. The quantitative estimate of drug-likeness (QED) is 0.438. The first kappa shape index (κ1) is 25.8. The molecule has 2 atom stereocenters. The summed E-state index contributed by atoms with van der Waals surface area (Å²) in [5, 5.41) is 5.88. The Morgan fingerprint density at radius 1 is 1.10 bits per heavy atom. The molecule has 7 rings (SSSR count). The number of hydrogen-bond donors (Lipinski definition) is 2. The molecule has 9 heteroatoms. The molecule has 2 amide bonds. The van der Waals surface area contributed by atoms with E-state index in [-0.39, 0.29) is 29.8 Å². The minimum absolute atomic E-state index is 0.00581. The number of likely N-dealkylation sites (tertiary alicyclic amines) is 1. The van der Waals surface area contributed by atoms with Crippen LogP contribution in [0.1, 0.15) is 67.0 Å². The number of pyridine rings is 2. The van der Waals surface area contributed by atoms with Crippen molar-refractivity contribution in [1.29, 1.82) is 0 Å². The minimum atomic E-state index is -0.740. The largest absolute Gasteiger partial charge is 0.358 e. The van der Waals surface area contributed by atoms with E-state index in [4.69, 9.17) is 0 Å². The number of carbonyl (C=O) groups excluding carboxylic acids is 2. The van der Waals surface area contributed by atoms with Gasteiger partial charge >= 0.3 is 0 Å². The van der Waals surface area contributed by atoms with E-state index in [1.807, 2.05) is 23.1 Å². The van der Waals surface area contributed by atoms with Crippen LogP contribution in [-0.2, 0) is 27.8 Å². The molecule has 3 aromatic rings. The van der Waals surface area contributed by atoms with Gasteiger partial charge in [0.05, 0.1) is 29.9 Å². The second kappa shape index (κ2) is 9.46. The van der Waals surface area contributed by atoms with E-state index in [0.29, 0.717) is 36.3 Å². The van der Waals surface area contributed by atoms with Crippen molar-refractivity contribution in [3.8, 4) is 0 Å². The number of nitrogens with one attached hydrogen (secondary N) is 2. The summed E-state index contributed by atoms with van der Waals surface area (Å²) in [5.41, 5.74) is 3.73. The molecule has 0 bridgehead atoms. The van der Waals surface area contributed by atoms with Crippen molar-refractivity contribution in [1.82, 2.24) is 14.9 Å². The van der Waals surface area contributed by atoms with E-state index in [1.165, 1.54) is 12.1 Å². The fourth-order valence-electron chi connectivity index (χ4n) is 7.66. The van der Waals surface area contributed by atoms with E-state index in [2.05, 4.69) is 27.2 Å². The summed E-state index contributed by atoms with van der Waals surface area (Å²) >= 11 is 0. The van der Waals surface area contributed by atoms with Gasteiger partial charge in [-0.25, -0.2) is 13.8 Å². The number of rotatable bonds is 4. The van der Waals surface area contributed by atoms with Crippen LogP contribution in [-0.4, -0.2) is 33.2 Å². The lowest BCUT2D eigenvalue weighted by molar-refractivity contribution is -0.120. The lowest BCUT2D eigenvalue weighted by atomic mass is 9.72. The molecule has 41 heavy (non-hydrogen) atoms. The van der Waals surface area contributed by atoms with Gasteiger partial charge in [0.1, 0.15) is 17.5 Å². The van der Waals surface area contributed by atoms with Crippen molar-refractivity contribution in [2.45, 2.75) is 62.8 Å². The van der Waals surface area contributed by atoms with Gasteiger partial charge in [-0.2, -0.15) is 0 Å². The molecule has 1 saturated heterocycles. The summed E-state index contributed by atoms with van der Waals surface area (Å²) < 4.78 is 28.4. The molecule has 2 spiro atoms. The molecule has 2 aliphatic heterocycles. The van der Waals surface area contributed by atoms with Gasteiger partial charge in [-0.15, -0.1) is 0 Å². The van der Waals surface area contributed by atoms with Crippen molar-refractivity contribution in [2.75, 3.05) is 17.2 Å². The van der Waals surface area contributed by atoms with Crippen molar-refractivity contribution in [2.24, 2.45) is 5.41 Å². The Hall–Kier alpha value is -4.14. The number of carbonyl (C=O) groups is 2. The van der Waals surface area contributed by atoms with E-state index < -0.39 is 17.0 Å². The second-order valence-electron chi connectivity index (χ2n) is 12.0. The standard InChI is InChI=1S/C32H31F2N5O2/c1-19-31(7-2-3-8-31)9-6-27(20-11-22(33)14-23(34)12-20)39(19)18-28(40)37-24-13-21-15-32(16-26(21)36-17-24)25-5-4-10-35-29(25)38-30(32)41/h4-5,10-14,17,27H,1-3,6-9,15-16,18H2,(H,37,40)(H,35,38,41)/t27-,32?/m0/s1. The average Bonchev–Trinajstić information content (AvgIpc) is 3.63. The Kier molecular flexibility index (Phi) is 5.96. The van der Waals surface area contributed by atoms with Gasteiger partial charge in [0.25, 0.3) is 0 Å². The number of benzene rings is 1. The Labute approximate surface area is 237 Å². The number of aromatic nitrogens is 2.